The molecule has 5 rings (SSSR count). The summed E-state index contributed by atoms with van der Waals surface area (Å²) in [6, 6.07) is 4.50. The van der Waals surface area contributed by atoms with E-state index in [0.717, 1.165) is 42.7 Å². The van der Waals surface area contributed by atoms with Crippen LogP contribution < -0.4 is 0 Å². The van der Waals surface area contributed by atoms with Crippen LogP contribution in [0.15, 0.2) is 38.4 Å². The minimum atomic E-state index is -3.76. The van der Waals surface area contributed by atoms with Crippen molar-refractivity contribution in [2.45, 2.75) is 29.4 Å². The van der Waals surface area contributed by atoms with Gasteiger partial charge in [-0.25, -0.2) is 17.2 Å². The fourth-order valence-corrected chi connectivity index (χ4v) is 6.55. The number of aromatic nitrogens is 2. The Hall–Kier alpha value is -2.70. The van der Waals surface area contributed by atoms with Crippen LogP contribution >= 0.6 is 11.3 Å². The van der Waals surface area contributed by atoms with Crippen molar-refractivity contribution in [1.29, 1.82) is 0 Å². The zero-order chi connectivity index (χ0) is 23.2. The molecule has 2 aromatic heterocycles. The number of halogens is 2. The second kappa shape index (κ2) is 8.58. The third kappa shape index (κ3) is 4.18. The van der Waals surface area contributed by atoms with Crippen molar-refractivity contribution in [3.63, 3.8) is 0 Å². The Morgan fingerprint density at radius 3 is 2.52 bits per heavy atom. The van der Waals surface area contributed by atoms with Crippen LogP contribution in [0.4, 0.5) is 8.78 Å². The van der Waals surface area contributed by atoms with E-state index in [1.165, 1.54) is 21.3 Å². The highest BCUT2D eigenvalue weighted by molar-refractivity contribution is 7.91. The molecule has 1 amide bonds. The number of carbonyl (C=O) groups is 1. The van der Waals surface area contributed by atoms with Gasteiger partial charge in [0.2, 0.25) is 11.7 Å². The first kappa shape index (κ1) is 22.1. The van der Waals surface area contributed by atoms with Gasteiger partial charge < -0.3 is 9.42 Å². The van der Waals surface area contributed by atoms with Crippen molar-refractivity contribution in [3.05, 3.63) is 52.7 Å². The fraction of sp³-hybridized carbons (Fsp3) is 0.381. The van der Waals surface area contributed by atoms with Crippen LogP contribution in [-0.4, -0.2) is 59.8 Å². The number of rotatable bonds is 5. The zero-order valence-corrected chi connectivity index (χ0v) is 19.0. The van der Waals surface area contributed by atoms with E-state index < -0.39 is 27.6 Å². The largest absolute Gasteiger partial charge is 0.339 e. The maximum atomic E-state index is 13.5. The molecule has 1 saturated carbocycles. The number of hydrogen-bond acceptors (Lipinski definition) is 7. The van der Waals surface area contributed by atoms with E-state index in [4.69, 9.17) is 4.52 Å². The summed E-state index contributed by atoms with van der Waals surface area (Å²) in [7, 11) is -3.76. The van der Waals surface area contributed by atoms with Crippen LogP contribution in [0.2, 0.25) is 0 Å². The van der Waals surface area contributed by atoms with Gasteiger partial charge in [-0.3, -0.25) is 4.79 Å². The van der Waals surface area contributed by atoms with Gasteiger partial charge in [0.15, 0.2) is 11.6 Å². The van der Waals surface area contributed by atoms with Crippen molar-refractivity contribution in [2.24, 2.45) is 0 Å². The number of carbonyl (C=O) groups excluding carboxylic acids is 1. The molecular formula is C21H20F2N4O4S2. The smallest absolute Gasteiger partial charge is 0.254 e. The number of nitrogens with zero attached hydrogens (tertiary/aromatic N) is 4. The monoisotopic (exact) mass is 494 g/mol. The number of sulfonamides is 1. The van der Waals surface area contributed by atoms with Gasteiger partial charge >= 0.3 is 0 Å². The zero-order valence-electron chi connectivity index (χ0n) is 17.4. The van der Waals surface area contributed by atoms with Crippen LogP contribution in [0.5, 0.6) is 0 Å². The van der Waals surface area contributed by atoms with Crippen LogP contribution in [0.1, 0.15) is 41.4 Å². The SMILES string of the molecule is O=C(c1ccc(F)c(F)c1)N1CCN(S(=O)(=O)c2cc(-c3noc(C4CCC4)n3)cs2)CC1. The Bertz CT molecular complexity index is 1300. The molecule has 1 aliphatic carbocycles. The standard InChI is InChI=1S/C21H20F2N4O4S2/c22-16-5-4-14(10-17(16)23)21(28)26-6-8-27(9-7-26)33(29,30)18-11-15(12-32-18)19-24-20(31-25-19)13-2-1-3-13/h4-5,10-13H,1-3,6-9H2. The highest BCUT2D eigenvalue weighted by atomic mass is 32.2. The highest BCUT2D eigenvalue weighted by Crippen LogP contribution is 2.37. The molecule has 0 spiro atoms. The second-order valence-electron chi connectivity index (χ2n) is 8.06. The predicted molar refractivity (Wildman–Crippen MR) is 115 cm³/mol. The van der Waals surface area contributed by atoms with E-state index in [2.05, 4.69) is 10.1 Å². The molecule has 1 aromatic carbocycles. The molecule has 174 valence electrons. The molecule has 2 fully saturated rings. The van der Waals surface area contributed by atoms with Crippen LogP contribution in [0.3, 0.4) is 0 Å². The van der Waals surface area contributed by atoms with Crippen molar-refractivity contribution in [1.82, 2.24) is 19.3 Å². The summed E-state index contributed by atoms with van der Waals surface area (Å²) in [5.41, 5.74) is 0.606. The van der Waals surface area contributed by atoms with Crippen LogP contribution in [0, 0.1) is 11.6 Å². The summed E-state index contributed by atoms with van der Waals surface area (Å²) in [5, 5.41) is 5.67. The first-order chi connectivity index (χ1) is 15.8. The van der Waals surface area contributed by atoms with Crippen molar-refractivity contribution < 1.29 is 26.5 Å². The minimum absolute atomic E-state index is 0.0227. The first-order valence-corrected chi connectivity index (χ1v) is 12.8. The van der Waals surface area contributed by atoms with Gasteiger partial charge in [-0.2, -0.15) is 9.29 Å². The average molecular weight is 495 g/mol. The van der Waals surface area contributed by atoms with E-state index in [0.29, 0.717) is 23.2 Å². The molecule has 1 aliphatic heterocycles. The van der Waals surface area contributed by atoms with Gasteiger partial charge in [-0.05, 0) is 37.1 Å². The average Bonchev–Trinajstić information content (AvgIpc) is 3.44. The van der Waals surface area contributed by atoms with Gasteiger partial charge in [-0.15, -0.1) is 11.3 Å². The highest BCUT2D eigenvalue weighted by Gasteiger charge is 2.32. The van der Waals surface area contributed by atoms with Gasteiger partial charge in [0.1, 0.15) is 4.21 Å². The lowest BCUT2D eigenvalue weighted by Crippen LogP contribution is -2.50. The number of thiophene rings is 1. The Morgan fingerprint density at radius 1 is 1.09 bits per heavy atom. The van der Waals surface area contributed by atoms with Gasteiger partial charge in [0.05, 0.1) is 0 Å². The quantitative estimate of drug-likeness (QED) is 0.539. The Kier molecular flexibility index (Phi) is 5.75. The molecule has 0 radical (unpaired) electrons. The summed E-state index contributed by atoms with van der Waals surface area (Å²) >= 11 is 1.08. The van der Waals surface area contributed by atoms with Crippen molar-refractivity contribution in [3.8, 4) is 11.4 Å². The molecule has 2 aliphatic rings. The van der Waals surface area contributed by atoms with E-state index in [9.17, 15) is 22.0 Å². The molecular weight excluding hydrogens is 474 g/mol. The maximum Gasteiger partial charge on any atom is 0.254 e. The van der Waals surface area contributed by atoms with Crippen LogP contribution in [0.25, 0.3) is 11.4 Å². The number of hydrogen-bond donors (Lipinski definition) is 0. The normalized spacial score (nSPS) is 17.8. The molecule has 3 aromatic rings. The summed E-state index contributed by atoms with van der Waals surface area (Å²) in [4.78, 5) is 18.4. The summed E-state index contributed by atoms with van der Waals surface area (Å²) < 4.78 is 59.6. The molecule has 0 unspecified atom stereocenters. The maximum absolute atomic E-state index is 13.5. The third-order valence-corrected chi connectivity index (χ3v) is 9.33. The van der Waals surface area contributed by atoms with Crippen LogP contribution in [-0.2, 0) is 10.0 Å². The van der Waals surface area contributed by atoms with E-state index in [1.807, 2.05) is 0 Å². The molecule has 3 heterocycles. The molecule has 12 heteroatoms. The van der Waals surface area contributed by atoms with Crippen molar-refractivity contribution in [2.75, 3.05) is 26.2 Å². The third-order valence-electron chi connectivity index (χ3n) is 6.02. The summed E-state index contributed by atoms with van der Waals surface area (Å²) in [6.45, 7) is 0.480. The van der Waals surface area contributed by atoms with E-state index >= 15 is 0 Å². The predicted octanol–water partition coefficient (Wildman–Crippen LogP) is 3.49. The molecule has 1 saturated heterocycles. The lowest BCUT2D eigenvalue weighted by Gasteiger charge is -2.33. The summed E-state index contributed by atoms with van der Waals surface area (Å²) in [5.74, 6) is -1.35. The molecule has 33 heavy (non-hydrogen) atoms. The number of amides is 1. The van der Waals surface area contributed by atoms with Gasteiger partial charge in [0.25, 0.3) is 15.9 Å². The molecule has 0 atom stereocenters. The van der Waals surface area contributed by atoms with E-state index in [1.54, 1.807) is 5.38 Å². The van der Waals surface area contributed by atoms with Gasteiger partial charge in [0, 0.05) is 48.6 Å². The summed E-state index contributed by atoms with van der Waals surface area (Å²) in [6.07, 6.45) is 3.19. The molecule has 0 N–H and O–H groups in total. The lowest BCUT2D eigenvalue weighted by molar-refractivity contribution is 0.0697. The number of benzene rings is 1. The van der Waals surface area contributed by atoms with Gasteiger partial charge in [-0.1, -0.05) is 11.6 Å². The molecule has 0 bridgehead atoms. The lowest BCUT2D eigenvalue weighted by atomic mass is 9.85. The topological polar surface area (TPSA) is 96.6 Å². The molecule has 8 nitrogen and oxygen atoms in total. The van der Waals surface area contributed by atoms with E-state index in [-0.39, 0.29) is 36.0 Å². The fourth-order valence-electron chi connectivity index (χ4n) is 3.81. The van der Waals surface area contributed by atoms with Crippen molar-refractivity contribution >= 4 is 27.3 Å². The minimum Gasteiger partial charge on any atom is -0.339 e. The first-order valence-electron chi connectivity index (χ1n) is 10.5. The Balaban J connectivity index is 1.25. The Labute approximate surface area is 192 Å². The number of piperazine rings is 1. The Morgan fingerprint density at radius 2 is 1.85 bits per heavy atom. The second-order valence-corrected chi connectivity index (χ2v) is 11.1.